The van der Waals surface area contributed by atoms with Crippen LogP contribution >= 0.6 is 11.6 Å². The van der Waals surface area contributed by atoms with E-state index in [1.54, 1.807) is 0 Å². The van der Waals surface area contributed by atoms with Gasteiger partial charge in [0.2, 0.25) is 0 Å². The molecule has 0 radical (unpaired) electrons. The third kappa shape index (κ3) is 4.46. The summed E-state index contributed by atoms with van der Waals surface area (Å²) in [4.78, 5) is 2.29. The van der Waals surface area contributed by atoms with Crippen LogP contribution in [0.25, 0.3) is 0 Å². The fourth-order valence-corrected chi connectivity index (χ4v) is 2.82. The molecule has 0 aromatic heterocycles. The van der Waals surface area contributed by atoms with Crippen molar-refractivity contribution in [2.45, 2.75) is 31.6 Å². The van der Waals surface area contributed by atoms with E-state index in [1.165, 1.54) is 5.56 Å². The lowest BCUT2D eigenvalue weighted by atomic mass is 10.1. The molecular formula is C15H23ClN2O. The van der Waals surface area contributed by atoms with Crippen molar-refractivity contribution in [3.8, 4) is 0 Å². The van der Waals surface area contributed by atoms with E-state index in [4.69, 9.17) is 16.3 Å². The predicted octanol–water partition coefficient (Wildman–Crippen LogP) is 2.54. The minimum absolute atomic E-state index is 0.353. The van der Waals surface area contributed by atoms with Crippen LogP contribution < -0.4 is 5.32 Å². The van der Waals surface area contributed by atoms with E-state index >= 15 is 0 Å². The van der Waals surface area contributed by atoms with Crippen molar-refractivity contribution in [2.75, 3.05) is 27.2 Å². The molecule has 1 aromatic rings. The normalized spacial score (nSPS) is 23.2. The van der Waals surface area contributed by atoms with Gasteiger partial charge in [-0.3, -0.25) is 4.90 Å². The van der Waals surface area contributed by atoms with E-state index in [0.29, 0.717) is 12.2 Å². The molecule has 2 atom stereocenters. The van der Waals surface area contributed by atoms with Crippen molar-refractivity contribution in [1.82, 2.24) is 10.2 Å². The second-order valence-electron chi connectivity index (χ2n) is 5.30. The molecule has 1 aliphatic rings. The Hall–Kier alpha value is -0.610. The summed E-state index contributed by atoms with van der Waals surface area (Å²) in [5.41, 5.74) is 1.18. The van der Waals surface area contributed by atoms with Gasteiger partial charge in [0.05, 0.1) is 12.2 Å². The van der Waals surface area contributed by atoms with Gasteiger partial charge in [0.25, 0.3) is 0 Å². The molecule has 2 rings (SSSR count). The molecule has 0 bridgehead atoms. The third-order valence-corrected chi connectivity index (χ3v) is 3.91. The number of hydrogen-bond acceptors (Lipinski definition) is 3. The topological polar surface area (TPSA) is 24.5 Å². The fraction of sp³-hybridized carbons (Fsp3) is 0.600. The van der Waals surface area contributed by atoms with Gasteiger partial charge in [-0.15, -0.1) is 0 Å². The highest BCUT2D eigenvalue weighted by atomic mass is 35.5. The number of rotatable bonds is 6. The maximum Gasteiger partial charge on any atom is 0.0707 e. The molecule has 1 fully saturated rings. The molecule has 3 nitrogen and oxygen atoms in total. The lowest BCUT2D eigenvalue weighted by molar-refractivity contribution is 0.0276. The summed E-state index contributed by atoms with van der Waals surface area (Å²) in [6, 6.07) is 8.02. The first kappa shape index (κ1) is 14.8. The SMILES string of the molecule is CNCC1CCC(CN(C)Cc2ccccc2Cl)O1. The van der Waals surface area contributed by atoms with Gasteiger partial charge in [0.1, 0.15) is 0 Å². The van der Waals surface area contributed by atoms with Gasteiger partial charge in [0.15, 0.2) is 0 Å². The molecular weight excluding hydrogens is 260 g/mol. The Labute approximate surface area is 120 Å². The largest absolute Gasteiger partial charge is 0.372 e. The second kappa shape index (κ2) is 7.25. The molecule has 1 heterocycles. The van der Waals surface area contributed by atoms with Gasteiger partial charge in [0, 0.05) is 24.7 Å². The summed E-state index contributed by atoms with van der Waals surface area (Å²) in [5, 5.41) is 4.02. The molecule has 106 valence electrons. The van der Waals surface area contributed by atoms with Gasteiger partial charge in [-0.05, 0) is 38.6 Å². The van der Waals surface area contributed by atoms with Gasteiger partial charge in [-0.2, -0.15) is 0 Å². The number of benzene rings is 1. The van der Waals surface area contributed by atoms with Gasteiger partial charge >= 0.3 is 0 Å². The minimum atomic E-state index is 0.353. The maximum atomic E-state index is 6.18. The average Bonchev–Trinajstić information content (AvgIpc) is 2.80. The fourth-order valence-electron chi connectivity index (χ4n) is 2.62. The second-order valence-corrected chi connectivity index (χ2v) is 5.71. The van der Waals surface area contributed by atoms with Crippen LogP contribution in [0.1, 0.15) is 18.4 Å². The maximum absolute atomic E-state index is 6.18. The van der Waals surface area contributed by atoms with Gasteiger partial charge in [-0.25, -0.2) is 0 Å². The zero-order valence-electron chi connectivity index (χ0n) is 11.7. The Bertz CT molecular complexity index is 399. The molecule has 4 heteroatoms. The van der Waals surface area contributed by atoms with E-state index in [-0.39, 0.29) is 0 Å². The minimum Gasteiger partial charge on any atom is -0.372 e. The van der Waals surface area contributed by atoms with Crippen LogP contribution in [0.3, 0.4) is 0 Å². The Kier molecular flexibility index (Phi) is 5.64. The zero-order valence-corrected chi connectivity index (χ0v) is 12.5. The lowest BCUT2D eigenvalue weighted by Gasteiger charge is -2.22. The smallest absolute Gasteiger partial charge is 0.0707 e. The van der Waals surface area contributed by atoms with Crippen molar-refractivity contribution in [1.29, 1.82) is 0 Å². The van der Waals surface area contributed by atoms with E-state index in [1.807, 2.05) is 25.2 Å². The number of nitrogens with zero attached hydrogens (tertiary/aromatic N) is 1. The van der Waals surface area contributed by atoms with Crippen molar-refractivity contribution in [3.63, 3.8) is 0 Å². The third-order valence-electron chi connectivity index (χ3n) is 3.54. The van der Waals surface area contributed by atoms with Gasteiger partial charge in [-0.1, -0.05) is 29.8 Å². The number of likely N-dealkylation sites (N-methyl/N-ethyl adjacent to an activating group) is 2. The Balaban J connectivity index is 1.79. The van der Waals surface area contributed by atoms with E-state index in [2.05, 4.69) is 23.3 Å². The summed E-state index contributed by atoms with van der Waals surface area (Å²) in [6.07, 6.45) is 3.04. The van der Waals surface area contributed by atoms with Crippen molar-refractivity contribution in [3.05, 3.63) is 34.9 Å². The molecule has 0 spiro atoms. The first-order valence-electron chi connectivity index (χ1n) is 6.91. The number of hydrogen-bond donors (Lipinski definition) is 1. The Morgan fingerprint density at radius 1 is 1.32 bits per heavy atom. The van der Waals surface area contributed by atoms with Crippen molar-refractivity contribution in [2.24, 2.45) is 0 Å². The first-order valence-corrected chi connectivity index (χ1v) is 7.29. The number of ether oxygens (including phenoxy) is 1. The summed E-state index contributed by atoms with van der Waals surface area (Å²) < 4.78 is 6.00. The first-order chi connectivity index (χ1) is 9.19. The molecule has 1 aromatic carbocycles. The van der Waals surface area contributed by atoms with E-state index in [9.17, 15) is 0 Å². The van der Waals surface area contributed by atoms with Crippen LogP contribution in [-0.4, -0.2) is 44.3 Å². The number of halogens is 1. The molecule has 1 N–H and O–H groups in total. The monoisotopic (exact) mass is 282 g/mol. The molecule has 0 amide bonds. The summed E-state index contributed by atoms with van der Waals surface area (Å²) in [6.45, 7) is 2.78. The standard InChI is InChI=1S/C15H23ClN2O/c1-17-9-13-7-8-14(19-13)11-18(2)10-12-5-3-4-6-15(12)16/h3-6,13-14,17H,7-11H2,1-2H3. The molecule has 2 unspecified atom stereocenters. The lowest BCUT2D eigenvalue weighted by Crippen LogP contribution is -2.30. The van der Waals surface area contributed by atoms with Crippen LogP contribution in [-0.2, 0) is 11.3 Å². The molecule has 0 aliphatic carbocycles. The molecule has 1 saturated heterocycles. The van der Waals surface area contributed by atoms with Gasteiger partial charge < -0.3 is 10.1 Å². The molecule has 0 saturated carbocycles. The van der Waals surface area contributed by atoms with Crippen LogP contribution in [0.15, 0.2) is 24.3 Å². The highest BCUT2D eigenvalue weighted by molar-refractivity contribution is 6.31. The quantitative estimate of drug-likeness (QED) is 0.868. The van der Waals surface area contributed by atoms with Crippen LogP contribution in [0.2, 0.25) is 5.02 Å². The van der Waals surface area contributed by atoms with E-state index in [0.717, 1.165) is 37.5 Å². The molecule has 19 heavy (non-hydrogen) atoms. The molecule has 1 aliphatic heterocycles. The van der Waals surface area contributed by atoms with Crippen LogP contribution in [0, 0.1) is 0 Å². The van der Waals surface area contributed by atoms with E-state index < -0.39 is 0 Å². The summed E-state index contributed by atoms with van der Waals surface area (Å²) in [7, 11) is 4.10. The van der Waals surface area contributed by atoms with Crippen molar-refractivity contribution >= 4 is 11.6 Å². The zero-order chi connectivity index (χ0) is 13.7. The summed E-state index contributed by atoms with van der Waals surface area (Å²) in [5.74, 6) is 0. The highest BCUT2D eigenvalue weighted by Crippen LogP contribution is 2.21. The van der Waals surface area contributed by atoms with Crippen molar-refractivity contribution < 1.29 is 4.74 Å². The summed E-state index contributed by atoms with van der Waals surface area (Å²) >= 11 is 6.18. The van der Waals surface area contributed by atoms with Crippen LogP contribution in [0.5, 0.6) is 0 Å². The number of nitrogens with one attached hydrogen (secondary N) is 1. The predicted molar refractivity (Wildman–Crippen MR) is 79.6 cm³/mol. The highest BCUT2D eigenvalue weighted by Gasteiger charge is 2.25. The average molecular weight is 283 g/mol. The van der Waals surface area contributed by atoms with Crippen LogP contribution in [0.4, 0.5) is 0 Å². The Morgan fingerprint density at radius 2 is 2.05 bits per heavy atom. The Morgan fingerprint density at radius 3 is 2.79 bits per heavy atom.